The molecular formula is C11H15N3O2. The Kier molecular flexibility index (Phi) is 2.68. The molecule has 1 fully saturated rings. The zero-order valence-electron chi connectivity index (χ0n) is 9.43. The molecule has 0 aliphatic heterocycles. The van der Waals surface area contributed by atoms with Gasteiger partial charge in [0.25, 0.3) is 5.91 Å². The predicted molar refractivity (Wildman–Crippen MR) is 60.7 cm³/mol. The predicted octanol–water partition coefficient (Wildman–Crippen LogP) is 0.788. The number of hydrogen-bond acceptors (Lipinski definition) is 4. The summed E-state index contributed by atoms with van der Waals surface area (Å²) >= 11 is 0. The minimum Gasteiger partial charge on any atom is -0.490 e. The zero-order chi connectivity index (χ0) is 11.7. The summed E-state index contributed by atoms with van der Waals surface area (Å²) in [5.74, 6) is 0.797. The molecule has 1 aromatic rings. The third-order valence-electron chi connectivity index (χ3n) is 2.32. The molecule has 1 saturated carbocycles. The molecule has 0 unspecified atom stereocenters. The number of carbonyl (C=O) groups is 1. The number of rotatable bonds is 4. The molecule has 5 heteroatoms. The highest BCUT2D eigenvalue weighted by Gasteiger charge is 2.24. The normalized spacial score (nSPS) is 14.6. The third-order valence-corrected chi connectivity index (χ3v) is 2.32. The molecule has 16 heavy (non-hydrogen) atoms. The number of pyridine rings is 1. The maximum absolute atomic E-state index is 11.1. The maximum Gasteiger partial charge on any atom is 0.267 e. The Bertz CT molecular complexity index is 414. The van der Waals surface area contributed by atoms with Gasteiger partial charge in [0.2, 0.25) is 0 Å². The second-order valence-electron chi connectivity index (χ2n) is 4.12. The summed E-state index contributed by atoms with van der Waals surface area (Å²) in [5, 5.41) is 0. The van der Waals surface area contributed by atoms with Crippen LogP contribution in [0.3, 0.4) is 0 Å². The lowest BCUT2D eigenvalue weighted by Crippen LogP contribution is -2.17. The van der Waals surface area contributed by atoms with Gasteiger partial charge in [-0.05, 0) is 12.8 Å². The highest BCUT2D eigenvalue weighted by molar-refractivity contribution is 5.91. The summed E-state index contributed by atoms with van der Waals surface area (Å²) in [6.45, 7) is 0. The second kappa shape index (κ2) is 4.00. The van der Waals surface area contributed by atoms with E-state index in [4.69, 9.17) is 10.5 Å². The fourth-order valence-corrected chi connectivity index (χ4v) is 1.29. The van der Waals surface area contributed by atoms with Crippen molar-refractivity contribution >= 4 is 11.7 Å². The molecule has 2 rings (SSSR count). The van der Waals surface area contributed by atoms with E-state index in [2.05, 4.69) is 4.98 Å². The van der Waals surface area contributed by atoms with E-state index in [9.17, 15) is 4.79 Å². The molecule has 1 aliphatic carbocycles. The van der Waals surface area contributed by atoms with Crippen LogP contribution in [-0.4, -0.2) is 31.1 Å². The number of nitrogens with two attached hydrogens (primary N) is 1. The van der Waals surface area contributed by atoms with Crippen molar-refractivity contribution < 1.29 is 9.53 Å². The van der Waals surface area contributed by atoms with Crippen LogP contribution in [0.25, 0.3) is 0 Å². The molecular weight excluding hydrogens is 206 g/mol. The van der Waals surface area contributed by atoms with Crippen LogP contribution < -0.4 is 15.4 Å². The van der Waals surface area contributed by atoms with E-state index >= 15 is 0 Å². The molecule has 0 atom stereocenters. The fourth-order valence-electron chi connectivity index (χ4n) is 1.29. The average Bonchev–Trinajstić information content (AvgIpc) is 3.01. The minimum atomic E-state index is -0.538. The molecule has 2 N–H and O–H groups in total. The first-order chi connectivity index (χ1) is 7.56. The first kappa shape index (κ1) is 10.7. The van der Waals surface area contributed by atoms with Gasteiger partial charge in [0.15, 0.2) is 0 Å². The van der Waals surface area contributed by atoms with E-state index in [-0.39, 0.29) is 11.8 Å². The summed E-state index contributed by atoms with van der Waals surface area (Å²) in [4.78, 5) is 17.1. The molecule has 0 aromatic carbocycles. The molecule has 0 radical (unpaired) electrons. The largest absolute Gasteiger partial charge is 0.490 e. The van der Waals surface area contributed by atoms with Crippen LogP contribution in [-0.2, 0) is 0 Å². The van der Waals surface area contributed by atoms with Crippen LogP contribution in [0.1, 0.15) is 23.3 Å². The van der Waals surface area contributed by atoms with Gasteiger partial charge in [0.1, 0.15) is 17.3 Å². The summed E-state index contributed by atoms with van der Waals surface area (Å²) in [6.07, 6.45) is 2.44. The van der Waals surface area contributed by atoms with Gasteiger partial charge in [-0.1, -0.05) is 0 Å². The van der Waals surface area contributed by atoms with Crippen LogP contribution in [0.2, 0.25) is 0 Å². The number of nitrogens with zero attached hydrogens (tertiary/aromatic N) is 2. The lowest BCUT2D eigenvalue weighted by molar-refractivity contribution is 0.0995. The first-order valence-electron chi connectivity index (χ1n) is 5.22. The van der Waals surface area contributed by atoms with Gasteiger partial charge in [0.05, 0.1) is 6.10 Å². The van der Waals surface area contributed by atoms with E-state index in [0.717, 1.165) is 12.8 Å². The molecule has 0 spiro atoms. The van der Waals surface area contributed by atoms with Crippen molar-refractivity contribution in [2.75, 3.05) is 19.0 Å². The Morgan fingerprint density at radius 2 is 2.19 bits per heavy atom. The Labute approximate surface area is 94.2 Å². The van der Waals surface area contributed by atoms with Gasteiger partial charge >= 0.3 is 0 Å². The Morgan fingerprint density at radius 3 is 2.69 bits per heavy atom. The lowest BCUT2D eigenvalue weighted by atomic mass is 10.3. The van der Waals surface area contributed by atoms with Crippen molar-refractivity contribution in [1.29, 1.82) is 0 Å². The van der Waals surface area contributed by atoms with Crippen molar-refractivity contribution in [2.45, 2.75) is 18.9 Å². The van der Waals surface area contributed by atoms with Crippen LogP contribution >= 0.6 is 0 Å². The van der Waals surface area contributed by atoms with Crippen LogP contribution in [0.5, 0.6) is 5.75 Å². The van der Waals surface area contributed by atoms with Crippen molar-refractivity contribution in [3.63, 3.8) is 0 Å². The average molecular weight is 221 g/mol. The van der Waals surface area contributed by atoms with E-state index in [1.54, 1.807) is 6.07 Å². The number of aromatic nitrogens is 1. The summed E-state index contributed by atoms with van der Waals surface area (Å²) < 4.78 is 5.63. The number of anilines is 1. The van der Waals surface area contributed by atoms with Gasteiger partial charge < -0.3 is 15.4 Å². The lowest BCUT2D eigenvalue weighted by Gasteiger charge is -2.14. The maximum atomic E-state index is 11.1. The molecule has 1 heterocycles. The third kappa shape index (κ3) is 2.42. The number of hydrogen-bond donors (Lipinski definition) is 1. The van der Waals surface area contributed by atoms with E-state index in [1.807, 2.05) is 25.1 Å². The molecule has 0 bridgehead atoms. The van der Waals surface area contributed by atoms with Gasteiger partial charge in [-0.15, -0.1) is 0 Å². The Morgan fingerprint density at radius 1 is 1.50 bits per heavy atom. The summed E-state index contributed by atoms with van der Waals surface area (Å²) in [6, 6.07) is 3.40. The van der Waals surface area contributed by atoms with E-state index in [0.29, 0.717) is 11.6 Å². The van der Waals surface area contributed by atoms with Gasteiger partial charge in [0, 0.05) is 26.2 Å². The molecule has 1 aliphatic rings. The van der Waals surface area contributed by atoms with E-state index in [1.165, 1.54) is 0 Å². The van der Waals surface area contributed by atoms with Crippen molar-refractivity contribution in [3.8, 4) is 5.75 Å². The van der Waals surface area contributed by atoms with Crippen LogP contribution in [0.4, 0.5) is 5.82 Å². The molecule has 1 amide bonds. The summed E-state index contributed by atoms with van der Waals surface area (Å²) in [5.41, 5.74) is 5.46. The standard InChI is InChI=1S/C11H15N3O2/c1-14(2)10-6-8(16-7-3-4-7)5-9(13-10)11(12)15/h5-7H,3-4H2,1-2H3,(H2,12,15). The van der Waals surface area contributed by atoms with Crippen LogP contribution in [0.15, 0.2) is 12.1 Å². The van der Waals surface area contributed by atoms with Gasteiger partial charge in [-0.2, -0.15) is 0 Å². The topological polar surface area (TPSA) is 68.5 Å². The highest BCUT2D eigenvalue weighted by Crippen LogP contribution is 2.28. The van der Waals surface area contributed by atoms with Crippen molar-refractivity contribution in [1.82, 2.24) is 4.98 Å². The van der Waals surface area contributed by atoms with E-state index < -0.39 is 5.91 Å². The smallest absolute Gasteiger partial charge is 0.267 e. The van der Waals surface area contributed by atoms with Crippen LogP contribution in [0, 0.1) is 0 Å². The molecule has 1 aromatic heterocycles. The Hall–Kier alpha value is -1.78. The molecule has 0 saturated heterocycles. The SMILES string of the molecule is CN(C)c1cc(OC2CC2)cc(C(N)=O)n1. The van der Waals surface area contributed by atoms with Crippen molar-refractivity contribution in [3.05, 3.63) is 17.8 Å². The number of ether oxygens (including phenoxy) is 1. The fraction of sp³-hybridized carbons (Fsp3) is 0.455. The zero-order valence-corrected chi connectivity index (χ0v) is 9.43. The number of primary amides is 1. The minimum absolute atomic E-state index is 0.238. The quantitative estimate of drug-likeness (QED) is 0.816. The summed E-state index contributed by atoms with van der Waals surface area (Å²) in [7, 11) is 3.71. The van der Waals surface area contributed by atoms with Gasteiger partial charge in [-0.3, -0.25) is 4.79 Å². The molecule has 5 nitrogen and oxygen atoms in total. The number of amides is 1. The van der Waals surface area contributed by atoms with Gasteiger partial charge in [-0.25, -0.2) is 4.98 Å². The molecule has 86 valence electrons. The highest BCUT2D eigenvalue weighted by atomic mass is 16.5. The second-order valence-corrected chi connectivity index (χ2v) is 4.12. The Balaban J connectivity index is 2.31. The monoisotopic (exact) mass is 221 g/mol. The number of carbonyl (C=O) groups excluding carboxylic acids is 1. The van der Waals surface area contributed by atoms with Crippen molar-refractivity contribution in [2.24, 2.45) is 5.73 Å². The first-order valence-corrected chi connectivity index (χ1v) is 5.22.